The van der Waals surface area contributed by atoms with Crippen molar-refractivity contribution in [2.75, 3.05) is 0 Å². The monoisotopic (exact) mass is 241 g/mol. The molecule has 4 nitrogen and oxygen atoms in total. The smallest absolute Gasteiger partial charge is 0.306 e. The fourth-order valence-corrected chi connectivity index (χ4v) is 2.28. The Labute approximate surface area is 103 Å². The lowest BCUT2D eigenvalue weighted by Gasteiger charge is -2.21. The molecule has 4 unspecified atom stereocenters. The molecule has 1 rings (SSSR count). The van der Waals surface area contributed by atoms with Crippen molar-refractivity contribution in [2.24, 2.45) is 17.8 Å². The first-order valence-electron chi connectivity index (χ1n) is 6.48. The number of hydrogen-bond acceptors (Lipinski definition) is 2. The maximum atomic E-state index is 11.9. The molecule has 1 aliphatic rings. The van der Waals surface area contributed by atoms with E-state index in [0.717, 1.165) is 6.42 Å². The Morgan fingerprint density at radius 1 is 1.29 bits per heavy atom. The minimum absolute atomic E-state index is 0.0292. The highest BCUT2D eigenvalue weighted by Crippen LogP contribution is 2.31. The molecule has 98 valence electrons. The molecule has 2 N–H and O–H groups in total. The molecule has 1 saturated carbocycles. The van der Waals surface area contributed by atoms with Crippen LogP contribution < -0.4 is 5.32 Å². The predicted octanol–water partition coefficient (Wildman–Crippen LogP) is 2.04. The SMILES string of the molecule is CCC(C)C(C)NC(=O)C1CCC(C(=O)O)C1. The summed E-state index contributed by atoms with van der Waals surface area (Å²) < 4.78 is 0. The Morgan fingerprint density at radius 3 is 2.35 bits per heavy atom. The molecule has 1 fully saturated rings. The molecule has 17 heavy (non-hydrogen) atoms. The summed E-state index contributed by atoms with van der Waals surface area (Å²) >= 11 is 0. The van der Waals surface area contributed by atoms with E-state index in [-0.39, 0.29) is 23.8 Å². The molecule has 0 heterocycles. The normalized spacial score (nSPS) is 27.5. The summed E-state index contributed by atoms with van der Waals surface area (Å²) in [5.74, 6) is -0.722. The second kappa shape index (κ2) is 6.03. The van der Waals surface area contributed by atoms with Crippen LogP contribution in [-0.4, -0.2) is 23.0 Å². The molecule has 0 aliphatic heterocycles. The van der Waals surface area contributed by atoms with Crippen LogP contribution in [0.25, 0.3) is 0 Å². The van der Waals surface area contributed by atoms with Crippen molar-refractivity contribution >= 4 is 11.9 Å². The van der Waals surface area contributed by atoms with Crippen LogP contribution in [0.5, 0.6) is 0 Å². The van der Waals surface area contributed by atoms with Gasteiger partial charge in [0.2, 0.25) is 5.91 Å². The van der Waals surface area contributed by atoms with Gasteiger partial charge in [0, 0.05) is 12.0 Å². The number of aliphatic carboxylic acids is 1. The van der Waals surface area contributed by atoms with E-state index in [1.165, 1.54) is 0 Å². The summed E-state index contributed by atoms with van der Waals surface area (Å²) in [5, 5.41) is 11.9. The standard InChI is InChI=1S/C13H23NO3/c1-4-8(2)9(3)14-12(15)10-5-6-11(7-10)13(16)17/h8-11H,4-7H2,1-3H3,(H,14,15)(H,16,17). The molecular formula is C13H23NO3. The van der Waals surface area contributed by atoms with Crippen molar-refractivity contribution in [1.29, 1.82) is 0 Å². The van der Waals surface area contributed by atoms with Crippen LogP contribution in [0.1, 0.15) is 46.5 Å². The Bertz CT molecular complexity index is 290. The first-order chi connectivity index (χ1) is 7.95. The third kappa shape index (κ3) is 3.72. The minimum atomic E-state index is -0.768. The number of nitrogens with one attached hydrogen (secondary N) is 1. The lowest BCUT2D eigenvalue weighted by atomic mass is 9.99. The van der Waals surface area contributed by atoms with E-state index >= 15 is 0 Å². The van der Waals surface area contributed by atoms with Crippen LogP contribution in [0, 0.1) is 17.8 Å². The minimum Gasteiger partial charge on any atom is -0.481 e. The Hall–Kier alpha value is -1.06. The van der Waals surface area contributed by atoms with Crippen molar-refractivity contribution in [2.45, 2.75) is 52.5 Å². The van der Waals surface area contributed by atoms with Crippen molar-refractivity contribution in [1.82, 2.24) is 5.32 Å². The third-order valence-corrected chi connectivity index (χ3v) is 4.02. The van der Waals surface area contributed by atoms with Crippen molar-refractivity contribution in [3.05, 3.63) is 0 Å². The zero-order chi connectivity index (χ0) is 13.0. The molecule has 1 aliphatic carbocycles. The van der Waals surface area contributed by atoms with Crippen molar-refractivity contribution in [3.63, 3.8) is 0 Å². The Morgan fingerprint density at radius 2 is 1.88 bits per heavy atom. The molecule has 0 aromatic heterocycles. The van der Waals surface area contributed by atoms with Crippen LogP contribution in [0.3, 0.4) is 0 Å². The molecule has 0 aromatic rings. The zero-order valence-corrected chi connectivity index (χ0v) is 10.9. The highest BCUT2D eigenvalue weighted by Gasteiger charge is 2.34. The van der Waals surface area contributed by atoms with E-state index in [1.807, 2.05) is 6.92 Å². The van der Waals surface area contributed by atoms with Crippen molar-refractivity contribution < 1.29 is 14.7 Å². The van der Waals surface area contributed by atoms with Crippen LogP contribution in [0.15, 0.2) is 0 Å². The first kappa shape index (κ1) is 14.0. The summed E-state index contributed by atoms with van der Waals surface area (Å²) in [6, 6.07) is 0.163. The fourth-order valence-electron chi connectivity index (χ4n) is 2.28. The molecule has 4 atom stereocenters. The highest BCUT2D eigenvalue weighted by molar-refractivity contribution is 5.81. The third-order valence-electron chi connectivity index (χ3n) is 4.02. The number of hydrogen-bond donors (Lipinski definition) is 2. The highest BCUT2D eigenvalue weighted by atomic mass is 16.4. The molecule has 0 radical (unpaired) electrons. The summed E-state index contributed by atoms with van der Waals surface area (Å²) in [6.07, 6.45) is 2.86. The summed E-state index contributed by atoms with van der Waals surface area (Å²) in [5.41, 5.74) is 0. The molecule has 1 amide bonds. The first-order valence-corrected chi connectivity index (χ1v) is 6.48. The second-order valence-corrected chi connectivity index (χ2v) is 5.23. The largest absolute Gasteiger partial charge is 0.481 e. The maximum absolute atomic E-state index is 11.9. The topological polar surface area (TPSA) is 66.4 Å². The van der Waals surface area contributed by atoms with Gasteiger partial charge in [0.25, 0.3) is 0 Å². The van der Waals surface area contributed by atoms with Gasteiger partial charge in [-0.1, -0.05) is 20.3 Å². The van der Waals surface area contributed by atoms with Gasteiger partial charge in [0.05, 0.1) is 5.92 Å². The molecule has 0 saturated heterocycles. The van der Waals surface area contributed by atoms with Gasteiger partial charge in [-0.3, -0.25) is 9.59 Å². The van der Waals surface area contributed by atoms with Crippen molar-refractivity contribution in [3.8, 4) is 0 Å². The summed E-state index contributed by atoms with van der Waals surface area (Å²) in [4.78, 5) is 22.8. The summed E-state index contributed by atoms with van der Waals surface area (Å²) in [6.45, 7) is 6.22. The fraction of sp³-hybridized carbons (Fsp3) is 0.846. The number of carboxylic acids is 1. The van der Waals surface area contributed by atoms with E-state index in [1.54, 1.807) is 0 Å². The maximum Gasteiger partial charge on any atom is 0.306 e. The van der Waals surface area contributed by atoms with E-state index < -0.39 is 5.97 Å². The van der Waals surface area contributed by atoms with E-state index in [2.05, 4.69) is 19.2 Å². The zero-order valence-electron chi connectivity index (χ0n) is 10.9. The number of amides is 1. The number of carboxylic acid groups (broad SMARTS) is 1. The average Bonchev–Trinajstić information content (AvgIpc) is 2.77. The van der Waals surface area contributed by atoms with Gasteiger partial charge in [0.15, 0.2) is 0 Å². The Balaban J connectivity index is 2.42. The lowest BCUT2D eigenvalue weighted by molar-refractivity contribution is -0.141. The van der Waals surface area contributed by atoms with Gasteiger partial charge in [-0.05, 0) is 32.1 Å². The van der Waals surface area contributed by atoms with Gasteiger partial charge in [0.1, 0.15) is 0 Å². The van der Waals surface area contributed by atoms with E-state index in [9.17, 15) is 9.59 Å². The molecule has 0 aromatic carbocycles. The van der Waals surface area contributed by atoms with Gasteiger partial charge >= 0.3 is 5.97 Å². The van der Waals surface area contributed by atoms with Gasteiger partial charge in [-0.15, -0.1) is 0 Å². The van der Waals surface area contributed by atoms with E-state index in [4.69, 9.17) is 5.11 Å². The number of carbonyl (C=O) groups excluding carboxylic acids is 1. The molecule has 0 bridgehead atoms. The van der Waals surface area contributed by atoms with Gasteiger partial charge in [-0.2, -0.15) is 0 Å². The van der Waals surface area contributed by atoms with Crippen LogP contribution in [-0.2, 0) is 9.59 Å². The lowest BCUT2D eigenvalue weighted by Crippen LogP contribution is -2.40. The van der Waals surface area contributed by atoms with Gasteiger partial charge in [-0.25, -0.2) is 0 Å². The van der Waals surface area contributed by atoms with Crippen LogP contribution >= 0.6 is 0 Å². The number of rotatable bonds is 5. The van der Waals surface area contributed by atoms with Crippen LogP contribution in [0.4, 0.5) is 0 Å². The van der Waals surface area contributed by atoms with Crippen LogP contribution in [0.2, 0.25) is 0 Å². The predicted molar refractivity (Wildman–Crippen MR) is 65.5 cm³/mol. The number of carbonyl (C=O) groups is 2. The molecular weight excluding hydrogens is 218 g/mol. The average molecular weight is 241 g/mol. The van der Waals surface area contributed by atoms with Gasteiger partial charge < -0.3 is 10.4 Å². The molecule has 4 heteroatoms. The second-order valence-electron chi connectivity index (χ2n) is 5.23. The molecule has 0 spiro atoms. The van der Waals surface area contributed by atoms with E-state index in [0.29, 0.717) is 25.2 Å². The Kier molecular flexibility index (Phi) is 4.97. The summed E-state index contributed by atoms with van der Waals surface area (Å²) in [7, 11) is 0. The quantitative estimate of drug-likeness (QED) is 0.774.